The van der Waals surface area contributed by atoms with Gasteiger partial charge >= 0.3 is 0 Å². The molecule has 3 rings (SSSR count). The van der Waals surface area contributed by atoms with Crippen molar-refractivity contribution in [1.82, 2.24) is 0 Å². The number of carbonyl (C=O) groups excluding carboxylic acids is 1. The van der Waals surface area contributed by atoms with Gasteiger partial charge < -0.3 is 14.8 Å². The molecule has 0 bridgehead atoms. The van der Waals surface area contributed by atoms with Crippen LogP contribution in [0.1, 0.15) is 10.4 Å². The van der Waals surface area contributed by atoms with Gasteiger partial charge in [0.25, 0.3) is 15.9 Å². The van der Waals surface area contributed by atoms with Crippen LogP contribution >= 0.6 is 23.2 Å². The van der Waals surface area contributed by atoms with Gasteiger partial charge in [0, 0.05) is 10.7 Å². The maximum atomic E-state index is 12.6. The quantitative estimate of drug-likeness (QED) is 0.492. The van der Waals surface area contributed by atoms with Crippen molar-refractivity contribution in [2.75, 3.05) is 24.3 Å². The van der Waals surface area contributed by atoms with Crippen LogP contribution in [0.4, 0.5) is 11.4 Å². The third kappa shape index (κ3) is 5.22. The molecule has 162 valence electrons. The van der Waals surface area contributed by atoms with E-state index < -0.39 is 15.9 Å². The van der Waals surface area contributed by atoms with Crippen molar-refractivity contribution in [3.8, 4) is 11.5 Å². The zero-order valence-corrected chi connectivity index (χ0v) is 18.8. The molecule has 0 aromatic heterocycles. The zero-order valence-electron chi connectivity index (χ0n) is 16.5. The van der Waals surface area contributed by atoms with Gasteiger partial charge in [0.1, 0.15) is 0 Å². The van der Waals surface area contributed by atoms with Gasteiger partial charge in [-0.25, -0.2) is 8.42 Å². The topological polar surface area (TPSA) is 93.7 Å². The van der Waals surface area contributed by atoms with Crippen LogP contribution in [-0.2, 0) is 10.0 Å². The second-order valence-corrected chi connectivity index (χ2v) is 8.78. The van der Waals surface area contributed by atoms with Crippen molar-refractivity contribution in [2.45, 2.75) is 4.90 Å². The second-order valence-electron chi connectivity index (χ2n) is 6.25. The van der Waals surface area contributed by atoms with Gasteiger partial charge in [0.15, 0.2) is 11.5 Å². The number of hydrogen-bond acceptors (Lipinski definition) is 5. The highest BCUT2D eigenvalue weighted by atomic mass is 35.5. The first kappa shape index (κ1) is 22.7. The predicted molar refractivity (Wildman–Crippen MR) is 121 cm³/mol. The minimum atomic E-state index is -3.89. The normalized spacial score (nSPS) is 11.0. The van der Waals surface area contributed by atoms with Gasteiger partial charge in [-0.3, -0.25) is 9.52 Å². The van der Waals surface area contributed by atoms with E-state index in [0.29, 0.717) is 22.2 Å². The number of ether oxygens (including phenoxy) is 2. The molecule has 0 aliphatic heterocycles. The van der Waals surface area contributed by atoms with Crippen LogP contribution < -0.4 is 19.5 Å². The SMILES string of the molecule is COc1cccc(C(=O)Nc2ccc(S(=O)(=O)Nc3ccc(Cl)cc3Cl)cc2)c1OC. The number of hydrogen-bond donors (Lipinski definition) is 2. The number of nitrogens with one attached hydrogen (secondary N) is 2. The molecule has 0 fully saturated rings. The maximum absolute atomic E-state index is 12.6. The molecular weight excluding hydrogens is 463 g/mol. The average Bonchev–Trinajstić information content (AvgIpc) is 2.75. The van der Waals surface area contributed by atoms with Crippen molar-refractivity contribution in [3.63, 3.8) is 0 Å². The van der Waals surface area contributed by atoms with Crippen LogP contribution in [0.15, 0.2) is 65.6 Å². The summed E-state index contributed by atoms with van der Waals surface area (Å²) in [4.78, 5) is 12.6. The van der Waals surface area contributed by atoms with Gasteiger partial charge in [0.2, 0.25) is 0 Å². The molecule has 2 N–H and O–H groups in total. The average molecular weight is 481 g/mol. The number of rotatable bonds is 7. The summed E-state index contributed by atoms with van der Waals surface area (Å²) in [5, 5.41) is 3.27. The summed E-state index contributed by atoms with van der Waals surface area (Å²) < 4.78 is 38.1. The Morgan fingerprint density at radius 3 is 2.26 bits per heavy atom. The molecule has 0 saturated carbocycles. The van der Waals surface area contributed by atoms with E-state index in [1.807, 2.05) is 0 Å². The van der Waals surface area contributed by atoms with E-state index in [0.717, 1.165) is 0 Å². The molecule has 10 heteroatoms. The smallest absolute Gasteiger partial charge is 0.261 e. The van der Waals surface area contributed by atoms with Crippen LogP contribution in [0, 0.1) is 0 Å². The lowest BCUT2D eigenvalue weighted by Gasteiger charge is -2.13. The Labute approximate surface area is 189 Å². The number of halogens is 2. The third-order valence-corrected chi connectivity index (χ3v) is 6.17. The van der Waals surface area contributed by atoms with Gasteiger partial charge in [-0.1, -0.05) is 29.3 Å². The lowest BCUT2D eigenvalue weighted by Crippen LogP contribution is -2.15. The highest BCUT2D eigenvalue weighted by molar-refractivity contribution is 7.92. The van der Waals surface area contributed by atoms with Crippen molar-refractivity contribution < 1.29 is 22.7 Å². The van der Waals surface area contributed by atoms with E-state index in [2.05, 4.69) is 10.0 Å². The standard InChI is InChI=1S/C21H18Cl2N2O5S/c1-29-19-5-3-4-16(20(19)30-2)21(26)24-14-7-9-15(10-8-14)31(27,28)25-18-11-6-13(22)12-17(18)23/h3-12,25H,1-2H3,(H,24,26). The lowest BCUT2D eigenvalue weighted by atomic mass is 10.1. The second kappa shape index (κ2) is 9.47. The fraction of sp³-hybridized carbons (Fsp3) is 0.0952. The molecule has 0 heterocycles. The highest BCUT2D eigenvalue weighted by Crippen LogP contribution is 2.31. The molecule has 0 aliphatic carbocycles. The Morgan fingerprint density at radius 2 is 1.65 bits per heavy atom. The fourth-order valence-electron chi connectivity index (χ4n) is 2.76. The van der Waals surface area contributed by atoms with Crippen LogP contribution in [0.5, 0.6) is 11.5 Å². The molecule has 0 saturated heterocycles. The summed E-state index contributed by atoms with van der Waals surface area (Å²) >= 11 is 11.9. The maximum Gasteiger partial charge on any atom is 0.261 e. The molecule has 1 amide bonds. The van der Waals surface area contributed by atoms with E-state index in [9.17, 15) is 13.2 Å². The molecule has 0 spiro atoms. The van der Waals surface area contributed by atoms with Gasteiger partial charge in [-0.05, 0) is 54.6 Å². The summed E-state index contributed by atoms with van der Waals surface area (Å²) in [7, 11) is -0.978. The van der Waals surface area contributed by atoms with Crippen molar-refractivity contribution >= 4 is 50.5 Å². The number of benzene rings is 3. The minimum Gasteiger partial charge on any atom is -0.493 e. The first-order chi connectivity index (χ1) is 14.7. The third-order valence-electron chi connectivity index (χ3n) is 4.25. The summed E-state index contributed by atoms with van der Waals surface area (Å²) in [6, 6.07) is 15.0. The largest absolute Gasteiger partial charge is 0.493 e. The summed E-state index contributed by atoms with van der Waals surface area (Å²) in [6.45, 7) is 0. The van der Waals surface area contributed by atoms with E-state index in [1.54, 1.807) is 18.2 Å². The molecule has 0 atom stereocenters. The van der Waals surface area contributed by atoms with Crippen molar-refractivity contribution in [1.29, 1.82) is 0 Å². The van der Waals surface area contributed by atoms with E-state index >= 15 is 0 Å². The fourth-order valence-corrected chi connectivity index (χ4v) is 4.35. The van der Waals surface area contributed by atoms with Crippen LogP contribution in [0.25, 0.3) is 0 Å². The van der Waals surface area contributed by atoms with Crippen LogP contribution in [0.2, 0.25) is 10.0 Å². The zero-order chi connectivity index (χ0) is 22.6. The number of carbonyl (C=O) groups is 1. The Hall–Kier alpha value is -2.94. The van der Waals surface area contributed by atoms with Gasteiger partial charge in [-0.15, -0.1) is 0 Å². The molecule has 31 heavy (non-hydrogen) atoms. The summed E-state index contributed by atoms with van der Waals surface area (Å²) in [6.07, 6.45) is 0. The minimum absolute atomic E-state index is 0.00419. The van der Waals surface area contributed by atoms with E-state index in [1.165, 1.54) is 56.7 Å². The molecular formula is C21H18Cl2N2O5S. The Balaban J connectivity index is 1.78. The lowest BCUT2D eigenvalue weighted by molar-refractivity contribution is 0.102. The Bertz CT molecular complexity index is 1210. The number of amides is 1. The molecule has 0 unspecified atom stereocenters. The number of methoxy groups -OCH3 is 2. The van der Waals surface area contributed by atoms with Crippen LogP contribution in [0.3, 0.4) is 0 Å². The molecule has 0 radical (unpaired) electrons. The van der Waals surface area contributed by atoms with Gasteiger partial charge in [-0.2, -0.15) is 0 Å². The highest BCUT2D eigenvalue weighted by Gasteiger charge is 2.18. The molecule has 0 aliphatic rings. The molecule has 3 aromatic rings. The monoisotopic (exact) mass is 480 g/mol. The first-order valence-corrected chi connectivity index (χ1v) is 11.1. The molecule has 3 aromatic carbocycles. The summed E-state index contributed by atoms with van der Waals surface area (Å²) in [5.74, 6) is 0.284. The van der Waals surface area contributed by atoms with Crippen molar-refractivity contribution in [3.05, 3.63) is 76.3 Å². The Morgan fingerprint density at radius 1 is 0.935 bits per heavy atom. The summed E-state index contributed by atoms with van der Waals surface area (Å²) in [5.41, 5.74) is 0.879. The Kier molecular flexibility index (Phi) is 6.94. The van der Waals surface area contributed by atoms with Crippen molar-refractivity contribution in [2.24, 2.45) is 0 Å². The first-order valence-electron chi connectivity index (χ1n) is 8.85. The van der Waals surface area contributed by atoms with E-state index in [-0.39, 0.29) is 21.2 Å². The van der Waals surface area contributed by atoms with Gasteiger partial charge in [0.05, 0.1) is 35.4 Å². The predicted octanol–water partition coefficient (Wildman–Crippen LogP) is 5.06. The number of para-hydroxylation sites is 1. The number of anilines is 2. The number of sulfonamides is 1. The molecule has 7 nitrogen and oxygen atoms in total. The van der Waals surface area contributed by atoms with E-state index in [4.69, 9.17) is 32.7 Å². The van der Waals surface area contributed by atoms with Crippen LogP contribution in [-0.4, -0.2) is 28.5 Å².